The van der Waals surface area contributed by atoms with Gasteiger partial charge in [-0.05, 0) is 39.5 Å². The van der Waals surface area contributed by atoms with Gasteiger partial charge in [-0.3, -0.25) is 4.79 Å². The third-order valence-corrected chi connectivity index (χ3v) is 3.39. The van der Waals surface area contributed by atoms with Crippen molar-refractivity contribution in [2.75, 3.05) is 26.7 Å². The quantitative estimate of drug-likeness (QED) is 0.785. The van der Waals surface area contributed by atoms with Gasteiger partial charge in [0.05, 0.1) is 0 Å². The predicted octanol–water partition coefficient (Wildman–Crippen LogP) is 2.65. The lowest BCUT2D eigenvalue weighted by molar-refractivity contribution is -0.184. The molecule has 1 aliphatic heterocycles. The van der Waals surface area contributed by atoms with Crippen LogP contribution in [0.5, 0.6) is 0 Å². The number of halogens is 3. The normalized spacial score (nSPS) is 17.3. The van der Waals surface area contributed by atoms with Crippen molar-refractivity contribution in [1.82, 2.24) is 9.80 Å². The van der Waals surface area contributed by atoms with E-state index in [1.54, 1.807) is 25.7 Å². The number of nitrogens with zero attached hydrogens (tertiary/aromatic N) is 2. The van der Waals surface area contributed by atoms with Crippen LogP contribution in [0.4, 0.5) is 18.0 Å². The molecule has 1 heterocycles. The lowest BCUT2D eigenvalue weighted by Crippen LogP contribution is -2.45. The lowest BCUT2D eigenvalue weighted by Gasteiger charge is -2.34. The molecule has 0 unspecified atom stereocenters. The molecule has 0 saturated carbocycles. The predicted molar refractivity (Wildman–Crippen MR) is 74.2 cm³/mol. The van der Waals surface area contributed by atoms with E-state index in [4.69, 9.17) is 4.74 Å². The van der Waals surface area contributed by atoms with E-state index in [0.29, 0.717) is 30.8 Å². The van der Waals surface area contributed by atoms with Gasteiger partial charge in [-0.1, -0.05) is 0 Å². The van der Waals surface area contributed by atoms with Crippen LogP contribution < -0.4 is 0 Å². The van der Waals surface area contributed by atoms with Crippen LogP contribution in [0.1, 0.15) is 33.6 Å². The summed E-state index contributed by atoms with van der Waals surface area (Å²) in [6.07, 6.45) is -4.15. The molecule has 2 amide bonds. The zero-order valence-electron chi connectivity index (χ0n) is 13.4. The van der Waals surface area contributed by atoms with E-state index < -0.39 is 23.8 Å². The minimum absolute atomic E-state index is 0.0422. The van der Waals surface area contributed by atoms with Crippen molar-refractivity contribution in [2.45, 2.75) is 45.4 Å². The number of amides is 2. The standard InChI is InChI=1S/C14H23F3N2O3/c1-13(2,3)22-12(21)19-7-5-10(6-8-19)9-18(4)11(20)14(15,16)17/h10H,5-9H2,1-4H3. The fraction of sp³-hybridized carbons (Fsp3) is 0.857. The molecule has 1 rings (SSSR count). The van der Waals surface area contributed by atoms with Crippen molar-refractivity contribution in [3.05, 3.63) is 0 Å². The highest BCUT2D eigenvalue weighted by Crippen LogP contribution is 2.23. The summed E-state index contributed by atoms with van der Waals surface area (Å²) in [4.78, 5) is 25.2. The van der Waals surface area contributed by atoms with Gasteiger partial charge in [0.25, 0.3) is 0 Å². The first kappa shape index (κ1) is 18.6. The summed E-state index contributed by atoms with van der Waals surface area (Å²) in [6.45, 7) is 6.21. The molecule has 22 heavy (non-hydrogen) atoms. The number of hydrogen-bond acceptors (Lipinski definition) is 3. The maximum Gasteiger partial charge on any atom is 0.471 e. The molecule has 8 heteroatoms. The highest BCUT2D eigenvalue weighted by atomic mass is 19.4. The van der Waals surface area contributed by atoms with Gasteiger partial charge in [-0.25, -0.2) is 4.79 Å². The third-order valence-electron chi connectivity index (χ3n) is 3.39. The number of likely N-dealkylation sites (tertiary alicyclic amines) is 1. The van der Waals surface area contributed by atoms with Crippen LogP contribution in [-0.2, 0) is 9.53 Å². The average molecular weight is 324 g/mol. The van der Waals surface area contributed by atoms with E-state index in [1.165, 1.54) is 0 Å². The van der Waals surface area contributed by atoms with E-state index in [2.05, 4.69) is 0 Å². The number of alkyl halides is 3. The van der Waals surface area contributed by atoms with Crippen LogP contribution in [0.3, 0.4) is 0 Å². The zero-order valence-corrected chi connectivity index (χ0v) is 13.4. The zero-order chi connectivity index (χ0) is 17.1. The summed E-state index contributed by atoms with van der Waals surface area (Å²) in [7, 11) is 1.15. The molecule has 5 nitrogen and oxygen atoms in total. The minimum atomic E-state index is -4.84. The topological polar surface area (TPSA) is 49.9 Å². The Labute approximate surface area is 128 Å². The number of carbonyl (C=O) groups excluding carboxylic acids is 2. The summed E-state index contributed by atoms with van der Waals surface area (Å²) < 4.78 is 42.2. The second kappa shape index (κ2) is 6.75. The van der Waals surface area contributed by atoms with Crippen LogP contribution in [-0.4, -0.2) is 60.3 Å². The molecule has 0 aromatic heterocycles. The molecule has 0 atom stereocenters. The Hall–Kier alpha value is -1.47. The third kappa shape index (κ3) is 5.73. The molecular weight excluding hydrogens is 301 g/mol. The summed E-state index contributed by atoms with van der Waals surface area (Å²) in [5.74, 6) is -1.88. The number of rotatable bonds is 2. The molecule has 0 aromatic rings. The van der Waals surface area contributed by atoms with Crippen LogP contribution in [0, 0.1) is 5.92 Å². The maximum absolute atomic E-state index is 12.3. The summed E-state index contributed by atoms with van der Waals surface area (Å²) in [5, 5.41) is 0. The molecule has 0 bridgehead atoms. The fourth-order valence-electron chi connectivity index (χ4n) is 2.31. The van der Waals surface area contributed by atoms with Crippen molar-refractivity contribution in [3.8, 4) is 0 Å². The number of piperidine rings is 1. The lowest BCUT2D eigenvalue weighted by atomic mass is 9.96. The molecule has 0 N–H and O–H groups in total. The largest absolute Gasteiger partial charge is 0.471 e. The molecule has 1 saturated heterocycles. The number of hydrogen-bond donors (Lipinski definition) is 0. The Kier molecular flexibility index (Phi) is 5.70. The molecular formula is C14H23F3N2O3. The maximum atomic E-state index is 12.3. The van der Waals surface area contributed by atoms with Gasteiger partial charge in [0.15, 0.2) is 0 Å². The van der Waals surface area contributed by atoms with Gasteiger partial charge in [0.1, 0.15) is 5.60 Å². The summed E-state index contributed by atoms with van der Waals surface area (Å²) >= 11 is 0. The average Bonchev–Trinajstić information content (AvgIpc) is 2.35. The highest BCUT2D eigenvalue weighted by Gasteiger charge is 2.41. The summed E-state index contributed by atoms with van der Waals surface area (Å²) in [6, 6.07) is 0. The monoisotopic (exact) mass is 324 g/mol. The van der Waals surface area contributed by atoms with Crippen LogP contribution >= 0.6 is 0 Å². The first-order valence-corrected chi connectivity index (χ1v) is 7.20. The van der Waals surface area contributed by atoms with E-state index in [0.717, 1.165) is 7.05 Å². The van der Waals surface area contributed by atoms with E-state index in [9.17, 15) is 22.8 Å². The Bertz CT molecular complexity index is 411. The van der Waals surface area contributed by atoms with Gasteiger partial charge in [-0.2, -0.15) is 13.2 Å². The molecule has 0 aromatic carbocycles. The van der Waals surface area contributed by atoms with E-state index in [1.807, 2.05) is 0 Å². The molecule has 1 fully saturated rings. The van der Waals surface area contributed by atoms with Crippen LogP contribution in [0.15, 0.2) is 0 Å². The van der Waals surface area contributed by atoms with Crippen molar-refractivity contribution in [1.29, 1.82) is 0 Å². The van der Waals surface area contributed by atoms with E-state index >= 15 is 0 Å². The smallest absolute Gasteiger partial charge is 0.444 e. The van der Waals surface area contributed by atoms with E-state index in [-0.39, 0.29) is 12.5 Å². The van der Waals surface area contributed by atoms with Crippen LogP contribution in [0.2, 0.25) is 0 Å². The van der Waals surface area contributed by atoms with Gasteiger partial charge in [0.2, 0.25) is 0 Å². The second-order valence-corrected chi connectivity index (χ2v) is 6.59. The Balaban J connectivity index is 2.43. The van der Waals surface area contributed by atoms with Gasteiger partial charge in [-0.15, -0.1) is 0 Å². The number of ether oxygens (including phenoxy) is 1. The van der Waals surface area contributed by atoms with Gasteiger partial charge < -0.3 is 14.5 Å². The molecule has 0 radical (unpaired) electrons. The van der Waals surface area contributed by atoms with Crippen molar-refractivity contribution in [2.24, 2.45) is 5.92 Å². The van der Waals surface area contributed by atoms with Gasteiger partial charge in [0, 0.05) is 26.7 Å². The Morgan fingerprint density at radius 3 is 2.09 bits per heavy atom. The summed E-state index contributed by atoms with van der Waals surface area (Å²) in [5.41, 5.74) is -0.576. The second-order valence-electron chi connectivity index (χ2n) is 6.59. The number of carbonyl (C=O) groups is 2. The molecule has 0 aliphatic carbocycles. The Morgan fingerprint density at radius 1 is 1.18 bits per heavy atom. The van der Waals surface area contributed by atoms with Crippen molar-refractivity contribution < 1.29 is 27.5 Å². The van der Waals surface area contributed by atoms with Crippen LogP contribution in [0.25, 0.3) is 0 Å². The molecule has 0 spiro atoms. The molecule has 1 aliphatic rings. The minimum Gasteiger partial charge on any atom is -0.444 e. The van der Waals surface area contributed by atoms with Gasteiger partial charge >= 0.3 is 18.2 Å². The highest BCUT2D eigenvalue weighted by molar-refractivity contribution is 5.81. The van der Waals surface area contributed by atoms with Crippen molar-refractivity contribution >= 4 is 12.0 Å². The molecule has 128 valence electrons. The fourth-order valence-corrected chi connectivity index (χ4v) is 2.31. The first-order chi connectivity index (χ1) is 9.90. The Morgan fingerprint density at radius 2 is 1.68 bits per heavy atom. The van der Waals surface area contributed by atoms with Crippen molar-refractivity contribution in [3.63, 3.8) is 0 Å². The SMILES string of the molecule is CN(CC1CCN(C(=O)OC(C)(C)C)CC1)C(=O)C(F)(F)F. The first-order valence-electron chi connectivity index (χ1n) is 7.20.